The van der Waals surface area contributed by atoms with Gasteiger partial charge in [0.15, 0.2) is 11.2 Å². The summed E-state index contributed by atoms with van der Waals surface area (Å²) in [5.41, 5.74) is -0.560. The van der Waals surface area contributed by atoms with Crippen molar-refractivity contribution in [3.8, 4) is 11.5 Å². The number of hydrogen-bond acceptors (Lipinski definition) is 9. The van der Waals surface area contributed by atoms with E-state index in [-0.39, 0.29) is 41.2 Å². The first-order valence-corrected chi connectivity index (χ1v) is 10.1. The van der Waals surface area contributed by atoms with Crippen LogP contribution in [0.2, 0.25) is 0 Å². The fourth-order valence-corrected chi connectivity index (χ4v) is 3.02. The van der Waals surface area contributed by atoms with Crippen molar-refractivity contribution in [3.63, 3.8) is 0 Å². The monoisotopic (exact) mass is 484 g/mol. The second-order valence-corrected chi connectivity index (χ2v) is 7.06. The largest absolute Gasteiger partial charge is 0.490 e. The van der Waals surface area contributed by atoms with Gasteiger partial charge in [-0.2, -0.15) is 0 Å². The summed E-state index contributed by atoms with van der Waals surface area (Å²) in [6.45, 7) is -0.602. The number of carbonyl (C=O) groups excluding carboxylic acids is 1. The summed E-state index contributed by atoms with van der Waals surface area (Å²) in [5, 5.41) is 28.4. The van der Waals surface area contributed by atoms with E-state index >= 15 is 0 Å². The van der Waals surface area contributed by atoms with Gasteiger partial charge in [-0.15, -0.1) is 0 Å². The lowest BCUT2D eigenvalue weighted by molar-refractivity contribution is -0.136. The first-order valence-electron chi connectivity index (χ1n) is 10.1. The Morgan fingerprint density at radius 2 is 1.66 bits per heavy atom. The lowest BCUT2D eigenvalue weighted by Gasteiger charge is -2.15. The van der Waals surface area contributed by atoms with Gasteiger partial charge >= 0.3 is 11.9 Å². The van der Waals surface area contributed by atoms with Gasteiger partial charge < -0.3 is 33.9 Å². The number of aliphatic carboxylic acids is 1. The van der Waals surface area contributed by atoms with E-state index in [0.29, 0.717) is 0 Å². The van der Waals surface area contributed by atoms with E-state index in [4.69, 9.17) is 24.1 Å². The normalized spacial score (nSPS) is 12.1. The number of rotatable bonds is 11. The minimum atomic E-state index is -1.41. The molecule has 0 amide bonds. The van der Waals surface area contributed by atoms with Crippen LogP contribution in [0.1, 0.15) is 20.9 Å². The average molecular weight is 484 g/mol. The van der Waals surface area contributed by atoms with Gasteiger partial charge in [-0.1, -0.05) is 18.2 Å². The molecule has 0 spiro atoms. The number of ketones is 1. The van der Waals surface area contributed by atoms with Gasteiger partial charge in [-0.3, -0.25) is 9.59 Å². The van der Waals surface area contributed by atoms with Gasteiger partial charge in [0.25, 0.3) is 0 Å². The molecule has 35 heavy (non-hydrogen) atoms. The van der Waals surface area contributed by atoms with E-state index in [1.165, 1.54) is 30.3 Å². The van der Waals surface area contributed by atoms with Crippen LogP contribution in [0.4, 0.5) is 0 Å². The summed E-state index contributed by atoms with van der Waals surface area (Å²) in [6, 6.07) is 11.2. The molecule has 1 aromatic heterocycles. The Labute approximate surface area is 197 Å². The molecule has 3 rings (SSSR count). The van der Waals surface area contributed by atoms with Crippen LogP contribution in [0.25, 0.3) is 11.0 Å². The molecule has 2 aromatic carbocycles. The number of carboxylic acid groups (broad SMARTS) is 2. The predicted octanol–water partition coefficient (Wildman–Crippen LogP) is 2.11. The fourth-order valence-electron chi connectivity index (χ4n) is 3.02. The average Bonchev–Trinajstić information content (AvgIpc) is 2.84. The third-order valence-electron chi connectivity index (χ3n) is 4.64. The zero-order chi connectivity index (χ0) is 25.5. The van der Waals surface area contributed by atoms with Crippen LogP contribution in [-0.4, -0.2) is 59.5 Å². The summed E-state index contributed by atoms with van der Waals surface area (Å²) >= 11 is 0. The second-order valence-electron chi connectivity index (χ2n) is 7.06. The Hall–Kier alpha value is -4.64. The van der Waals surface area contributed by atoms with Crippen LogP contribution < -0.4 is 14.9 Å². The first-order chi connectivity index (χ1) is 16.7. The van der Waals surface area contributed by atoms with Crippen LogP contribution in [0.5, 0.6) is 11.5 Å². The summed E-state index contributed by atoms with van der Waals surface area (Å²) in [7, 11) is 1.12. The van der Waals surface area contributed by atoms with E-state index in [1.807, 2.05) is 0 Å². The molecule has 0 aliphatic carbocycles. The molecule has 0 aliphatic rings. The standard InChI is InChI=1S/C24H20O11/c1-32-20(23(28)29)9-15(26)14-5-2-3-6-17(14)33-11-13(25)12-34-18-7-4-8-19-22(18)16(27)10-21(35-19)24(30)31/h2-10,13,25H,11-12H2,1H3,(H,28,29)(H,30,31)/b20-9-. The number of aliphatic hydroxyl groups is 1. The van der Waals surface area contributed by atoms with E-state index in [1.54, 1.807) is 12.1 Å². The Morgan fingerprint density at radius 3 is 2.31 bits per heavy atom. The molecule has 1 heterocycles. The van der Waals surface area contributed by atoms with Crippen LogP contribution in [0.3, 0.4) is 0 Å². The molecular weight excluding hydrogens is 464 g/mol. The predicted molar refractivity (Wildman–Crippen MR) is 120 cm³/mol. The molecule has 182 valence electrons. The van der Waals surface area contributed by atoms with Crippen molar-refractivity contribution in [2.75, 3.05) is 20.3 Å². The number of carbonyl (C=O) groups is 3. The summed E-state index contributed by atoms with van der Waals surface area (Å²) in [4.78, 5) is 46.9. The zero-order valence-electron chi connectivity index (χ0n) is 18.3. The van der Waals surface area contributed by atoms with Crippen LogP contribution in [0, 0.1) is 0 Å². The smallest absolute Gasteiger partial charge is 0.371 e. The van der Waals surface area contributed by atoms with Crippen LogP contribution >= 0.6 is 0 Å². The Bertz CT molecular complexity index is 1350. The highest BCUT2D eigenvalue weighted by atomic mass is 16.5. The number of methoxy groups -OCH3 is 1. The number of fused-ring (bicyclic) bond motifs is 1. The van der Waals surface area contributed by atoms with E-state index < -0.39 is 40.8 Å². The van der Waals surface area contributed by atoms with Crippen molar-refractivity contribution < 1.29 is 48.3 Å². The number of aliphatic hydroxyl groups excluding tert-OH is 1. The molecule has 1 atom stereocenters. The maximum atomic E-state index is 12.5. The molecule has 3 aromatic rings. The Kier molecular flexibility index (Phi) is 7.85. The van der Waals surface area contributed by atoms with E-state index in [0.717, 1.165) is 19.3 Å². The molecule has 0 saturated heterocycles. The Balaban J connectivity index is 1.69. The van der Waals surface area contributed by atoms with Crippen molar-refractivity contribution in [2.45, 2.75) is 6.10 Å². The molecule has 0 radical (unpaired) electrons. The molecule has 3 N–H and O–H groups in total. The first kappa shape index (κ1) is 25.0. The molecule has 0 aliphatic heterocycles. The highest BCUT2D eigenvalue weighted by Crippen LogP contribution is 2.24. The summed E-state index contributed by atoms with van der Waals surface area (Å²) < 4.78 is 20.9. The maximum Gasteiger partial charge on any atom is 0.371 e. The number of ether oxygens (including phenoxy) is 3. The van der Waals surface area contributed by atoms with Gasteiger partial charge in [0, 0.05) is 12.1 Å². The van der Waals surface area contributed by atoms with Gasteiger partial charge in [-0.05, 0) is 24.3 Å². The van der Waals surface area contributed by atoms with E-state index in [2.05, 4.69) is 4.74 Å². The fraction of sp³-hybridized carbons (Fsp3) is 0.167. The minimum Gasteiger partial charge on any atom is -0.490 e. The third kappa shape index (κ3) is 6.03. The highest BCUT2D eigenvalue weighted by Gasteiger charge is 2.18. The van der Waals surface area contributed by atoms with Crippen LogP contribution in [-0.2, 0) is 9.53 Å². The quantitative estimate of drug-likeness (QED) is 0.207. The maximum absolute atomic E-state index is 12.5. The number of allylic oxidation sites excluding steroid dienone is 1. The molecule has 0 fully saturated rings. The number of hydrogen-bond donors (Lipinski definition) is 3. The molecule has 0 bridgehead atoms. The lowest BCUT2D eigenvalue weighted by Crippen LogP contribution is -2.25. The topological polar surface area (TPSA) is 170 Å². The highest BCUT2D eigenvalue weighted by molar-refractivity contribution is 6.09. The third-order valence-corrected chi connectivity index (χ3v) is 4.64. The Morgan fingerprint density at radius 1 is 1.00 bits per heavy atom. The van der Waals surface area contributed by atoms with Crippen molar-refractivity contribution >= 4 is 28.7 Å². The van der Waals surface area contributed by atoms with Gasteiger partial charge in [0.2, 0.25) is 11.5 Å². The number of carboxylic acids is 2. The van der Waals surface area contributed by atoms with E-state index in [9.17, 15) is 24.3 Å². The van der Waals surface area contributed by atoms with Crippen molar-refractivity contribution in [3.05, 3.63) is 81.9 Å². The lowest BCUT2D eigenvalue weighted by atomic mass is 10.1. The molecule has 0 saturated carbocycles. The molecular formula is C24H20O11. The molecule has 11 nitrogen and oxygen atoms in total. The summed E-state index contributed by atoms with van der Waals surface area (Å²) in [6.07, 6.45) is -0.380. The second kappa shape index (κ2) is 11.0. The van der Waals surface area contributed by atoms with Crippen molar-refractivity contribution in [2.24, 2.45) is 0 Å². The van der Waals surface area contributed by atoms with Gasteiger partial charge in [0.05, 0.1) is 12.7 Å². The number of aromatic carboxylic acids is 1. The number of para-hydroxylation sites is 1. The van der Waals surface area contributed by atoms with Crippen LogP contribution in [0.15, 0.2) is 69.6 Å². The SMILES string of the molecule is CO/C(=C\C(=O)c1ccccc1OCC(O)COc1cccc2oc(C(=O)O)cc(=O)c12)C(=O)O. The zero-order valence-corrected chi connectivity index (χ0v) is 18.3. The van der Waals surface area contributed by atoms with Gasteiger partial charge in [0.1, 0.15) is 41.8 Å². The van der Waals surface area contributed by atoms with Crippen molar-refractivity contribution in [1.29, 1.82) is 0 Å². The molecule has 1 unspecified atom stereocenters. The number of benzene rings is 2. The molecule has 11 heteroatoms. The van der Waals surface area contributed by atoms with Crippen molar-refractivity contribution in [1.82, 2.24) is 0 Å². The minimum absolute atomic E-state index is 0.00965. The summed E-state index contributed by atoms with van der Waals surface area (Å²) in [5.74, 6) is -4.36. The van der Waals surface area contributed by atoms with Gasteiger partial charge in [-0.25, -0.2) is 9.59 Å².